The summed E-state index contributed by atoms with van der Waals surface area (Å²) in [6.07, 6.45) is 0.961. The normalized spacial score (nSPS) is 11.8. The molecule has 0 fully saturated rings. The molecule has 0 aliphatic carbocycles. The van der Waals surface area contributed by atoms with Gasteiger partial charge in [0.05, 0.1) is 11.0 Å². The number of hydrogen-bond acceptors (Lipinski definition) is 3. The lowest BCUT2D eigenvalue weighted by Crippen LogP contribution is -2.43. The highest BCUT2D eigenvalue weighted by atomic mass is 127. The molecular formula is C20H33IN6O. The lowest BCUT2D eigenvalue weighted by Gasteiger charge is -2.18. The summed E-state index contributed by atoms with van der Waals surface area (Å²) in [5, 5.41) is 9.44. The van der Waals surface area contributed by atoms with Gasteiger partial charge in [-0.15, -0.1) is 24.0 Å². The molecule has 0 aliphatic rings. The number of rotatable bonds is 7. The summed E-state index contributed by atoms with van der Waals surface area (Å²) in [6.45, 7) is 10.7. The second-order valence-electron chi connectivity index (χ2n) is 7.58. The molecule has 0 bridgehead atoms. The van der Waals surface area contributed by atoms with Gasteiger partial charge in [0.2, 0.25) is 5.91 Å². The van der Waals surface area contributed by atoms with Gasteiger partial charge in [0, 0.05) is 38.6 Å². The lowest BCUT2D eigenvalue weighted by molar-refractivity contribution is -0.128. The summed E-state index contributed by atoms with van der Waals surface area (Å²) >= 11 is 0. The molecular weight excluding hydrogens is 467 g/mol. The number of aliphatic imine (C=N–C) groups is 1. The van der Waals surface area contributed by atoms with Crippen molar-refractivity contribution in [3.05, 3.63) is 30.1 Å². The zero-order valence-electron chi connectivity index (χ0n) is 17.5. The SMILES string of the molecule is CN=C(NCCCn1c(C)nc2ccccc21)NCCNC(=O)C(C)(C)C.I. The van der Waals surface area contributed by atoms with Gasteiger partial charge in [-0.05, 0) is 25.5 Å². The fourth-order valence-electron chi connectivity index (χ4n) is 2.76. The van der Waals surface area contributed by atoms with Crippen LogP contribution in [0.1, 0.15) is 33.0 Å². The second-order valence-corrected chi connectivity index (χ2v) is 7.58. The molecule has 0 spiro atoms. The molecule has 1 aromatic carbocycles. The highest BCUT2D eigenvalue weighted by molar-refractivity contribution is 14.0. The van der Waals surface area contributed by atoms with Crippen LogP contribution in [0.2, 0.25) is 0 Å². The van der Waals surface area contributed by atoms with Crippen molar-refractivity contribution < 1.29 is 4.79 Å². The number of aromatic nitrogens is 2. The summed E-state index contributed by atoms with van der Waals surface area (Å²) < 4.78 is 2.25. The van der Waals surface area contributed by atoms with E-state index in [9.17, 15) is 4.79 Å². The van der Waals surface area contributed by atoms with Crippen LogP contribution in [0.4, 0.5) is 0 Å². The monoisotopic (exact) mass is 500 g/mol. The van der Waals surface area contributed by atoms with Crippen molar-refractivity contribution in [2.75, 3.05) is 26.7 Å². The first-order valence-electron chi connectivity index (χ1n) is 9.47. The smallest absolute Gasteiger partial charge is 0.225 e. The first kappa shape index (κ1) is 24.2. The highest BCUT2D eigenvalue weighted by Crippen LogP contribution is 2.15. The number of guanidine groups is 1. The van der Waals surface area contributed by atoms with Gasteiger partial charge in [-0.2, -0.15) is 0 Å². The third-order valence-corrected chi connectivity index (χ3v) is 4.30. The maximum Gasteiger partial charge on any atom is 0.225 e. The molecule has 28 heavy (non-hydrogen) atoms. The fraction of sp³-hybridized carbons (Fsp3) is 0.550. The van der Waals surface area contributed by atoms with Crippen LogP contribution < -0.4 is 16.0 Å². The van der Waals surface area contributed by atoms with E-state index < -0.39 is 0 Å². The summed E-state index contributed by atoms with van der Waals surface area (Å²) in [7, 11) is 1.75. The number of amides is 1. The van der Waals surface area contributed by atoms with Crippen LogP contribution in [0.5, 0.6) is 0 Å². The minimum Gasteiger partial charge on any atom is -0.356 e. The van der Waals surface area contributed by atoms with Gasteiger partial charge in [0.25, 0.3) is 0 Å². The van der Waals surface area contributed by atoms with Crippen LogP contribution in [0.3, 0.4) is 0 Å². The Hall–Kier alpha value is -1.84. The molecule has 2 aromatic rings. The average Bonchev–Trinajstić information content (AvgIpc) is 2.94. The van der Waals surface area contributed by atoms with Crippen molar-refractivity contribution in [3.8, 4) is 0 Å². The molecule has 1 aromatic heterocycles. The van der Waals surface area contributed by atoms with E-state index >= 15 is 0 Å². The predicted molar refractivity (Wildman–Crippen MR) is 126 cm³/mol. The van der Waals surface area contributed by atoms with Crippen LogP contribution in [0, 0.1) is 12.3 Å². The van der Waals surface area contributed by atoms with Crippen LogP contribution in [-0.4, -0.2) is 48.1 Å². The third kappa shape index (κ3) is 6.96. The molecule has 0 unspecified atom stereocenters. The molecule has 1 amide bonds. The molecule has 3 N–H and O–H groups in total. The van der Waals surface area contributed by atoms with Crippen LogP contribution >= 0.6 is 24.0 Å². The number of aryl methyl sites for hydroxylation is 2. The Morgan fingerprint density at radius 1 is 1.11 bits per heavy atom. The van der Waals surface area contributed by atoms with E-state index in [-0.39, 0.29) is 35.3 Å². The number of imidazole rings is 1. The maximum absolute atomic E-state index is 11.8. The van der Waals surface area contributed by atoms with Crippen molar-refractivity contribution in [3.63, 3.8) is 0 Å². The first-order valence-corrected chi connectivity index (χ1v) is 9.47. The van der Waals surface area contributed by atoms with Gasteiger partial charge >= 0.3 is 0 Å². The van der Waals surface area contributed by atoms with Crippen LogP contribution in [0.25, 0.3) is 11.0 Å². The minimum atomic E-state index is -0.366. The Kier molecular flexibility index (Phi) is 9.71. The minimum absolute atomic E-state index is 0. The maximum atomic E-state index is 11.8. The number of benzene rings is 1. The van der Waals surface area contributed by atoms with E-state index in [0.717, 1.165) is 36.8 Å². The summed E-state index contributed by atoms with van der Waals surface area (Å²) in [6, 6.07) is 8.21. The molecule has 7 nitrogen and oxygen atoms in total. The number of carbonyl (C=O) groups excluding carboxylic acids is 1. The number of nitrogens with zero attached hydrogens (tertiary/aromatic N) is 3. The average molecular weight is 500 g/mol. The van der Waals surface area contributed by atoms with E-state index in [2.05, 4.69) is 36.6 Å². The van der Waals surface area contributed by atoms with E-state index in [1.54, 1.807) is 7.05 Å². The summed E-state index contributed by atoms with van der Waals surface area (Å²) in [5.74, 6) is 1.83. The van der Waals surface area contributed by atoms with Gasteiger partial charge < -0.3 is 20.5 Å². The number of nitrogens with one attached hydrogen (secondary N) is 3. The number of fused-ring (bicyclic) bond motifs is 1. The zero-order valence-corrected chi connectivity index (χ0v) is 19.8. The Morgan fingerprint density at radius 3 is 2.43 bits per heavy atom. The Bertz CT molecular complexity index is 794. The fourth-order valence-corrected chi connectivity index (χ4v) is 2.76. The van der Waals surface area contributed by atoms with Gasteiger partial charge in [-0.1, -0.05) is 32.9 Å². The van der Waals surface area contributed by atoms with Crippen molar-refractivity contribution in [1.82, 2.24) is 25.5 Å². The van der Waals surface area contributed by atoms with E-state index in [1.165, 1.54) is 5.52 Å². The van der Waals surface area contributed by atoms with E-state index in [1.807, 2.05) is 45.9 Å². The van der Waals surface area contributed by atoms with Crippen LogP contribution in [-0.2, 0) is 11.3 Å². The largest absolute Gasteiger partial charge is 0.356 e. The summed E-state index contributed by atoms with van der Waals surface area (Å²) in [4.78, 5) is 20.6. The van der Waals surface area contributed by atoms with E-state index in [0.29, 0.717) is 13.1 Å². The van der Waals surface area contributed by atoms with Gasteiger partial charge in [-0.3, -0.25) is 9.79 Å². The zero-order chi connectivity index (χ0) is 19.9. The molecule has 0 saturated carbocycles. The number of halogens is 1. The Labute approximate surface area is 184 Å². The number of para-hydroxylation sites is 2. The quantitative estimate of drug-likeness (QED) is 0.236. The standard InChI is InChI=1S/C20H32N6O.HI/c1-15-25-16-9-6-7-10-17(16)26(15)14-8-11-23-19(21-5)24-13-12-22-18(27)20(2,3)4;/h6-7,9-10H,8,11-14H2,1-5H3,(H,22,27)(H2,21,23,24);1H. The summed E-state index contributed by atoms with van der Waals surface area (Å²) in [5.41, 5.74) is 1.85. The van der Waals surface area contributed by atoms with Crippen molar-refractivity contribution in [2.24, 2.45) is 10.4 Å². The third-order valence-electron chi connectivity index (χ3n) is 4.30. The molecule has 0 atom stereocenters. The molecule has 156 valence electrons. The number of hydrogen-bond donors (Lipinski definition) is 3. The van der Waals surface area contributed by atoms with Crippen LogP contribution in [0.15, 0.2) is 29.3 Å². The van der Waals surface area contributed by atoms with Crippen molar-refractivity contribution >= 4 is 46.9 Å². The first-order chi connectivity index (χ1) is 12.8. The number of carbonyl (C=O) groups is 1. The second kappa shape index (κ2) is 11.2. The highest BCUT2D eigenvalue weighted by Gasteiger charge is 2.20. The molecule has 8 heteroatoms. The van der Waals surface area contributed by atoms with Gasteiger partial charge in [0.1, 0.15) is 5.82 Å². The molecule has 2 rings (SSSR count). The topological polar surface area (TPSA) is 83.3 Å². The Balaban J connectivity index is 0.00000392. The van der Waals surface area contributed by atoms with E-state index in [4.69, 9.17) is 0 Å². The van der Waals surface area contributed by atoms with Gasteiger partial charge in [-0.25, -0.2) is 4.98 Å². The van der Waals surface area contributed by atoms with Crippen molar-refractivity contribution in [1.29, 1.82) is 0 Å². The molecule has 0 saturated heterocycles. The Morgan fingerprint density at radius 2 is 1.75 bits per heavy atom. The van der Waals surface area contributed by atoms with Crippen molar-refractivity contribution in [2.45, 2.75) is 40.7 Å². The lowest BCUT2D eigenvalue weighted by atomic mass is 9.96. The molecule has 0 radical (unpaired) electrons. The molecule has 1 heterocycles. The molecule has 0 aliphatic heterocycles. The van der Waals surface area contributed by atoms with Gasteiger partial charge in [0.15, 0.2) is 5.96 Å². The predicted octanol–water partition coefficient (Wildman–Crippen LogP) is 2.68.